The topological polar surface area (TPSA) is 35.6 Å². The Morgan fingerprint density at radius 1 is 1.13 bits per heavy atom. The Morgan fingerprint density at radius 2 is 1.87 bits per heavy atom. The Balaban J connectivity index is 1.35. The molecule has 0 radical (unpaired) electrons. The molecule has 4 heteroatoms. The summed E-state index contributed by atoms with van der Waals surface area (Å²) in [5.74, 6) is 1.23. The van der Waals surface area contributed by atoms with Crippen LogP contribution >= 0.6 is 0 Å². The highest BCUT2D eigenvalue weighted by Crippen LogP contribution is 2.28. The quantitative estimate of drug-likeness (QED) is 0.845. The minimum atomic E-state index is 0.406. The van der Waals surface area contributed by atoms with Crippen molar-refractivity contribution in [2.75, 3.05) is 45.8 Å². The average Bonchev–Trinajstić information content (AvgIpc) is 3.00. The molecule has 1 atom stereocenters. The van der Waals surface area contributed by atoms with Crippen molar-refractivity contribution in [1.82, 2.24) is 15.1 Å². The first kappa shape index (κ1) is 17.2. The lowest BCUT2D eigenvalue weighted by atomic mass is 9.86. The number of hydrogen-bond donors (Lipinski definition) is 1. The maximum Gasteiger partial charge on any atom is 0.222 e. The molecule has 3 rings (SSSR count). The van der Waals surface area contributed by atoms with Gasteiger partial charge in [-0.15, -0.1) is 0 Å². The lowest BCUT2D eigenvalue weighted by Gasteiger charge is -2.39. The molecular weight excluding hydrogens is 286 g/mol. The van der Waals surface area contributed by atoms with Crippen LogP contribution in [0.4, 0.5) is 0 Å². The molecule has 1 N–H and O–H groups in total. The van der Waals surface area contributed by atoms with Crippen molar-refractivity contribution in [3.8, 4) is 0 Å². The number of carbonyl (C=O) groups is 1. The summed E-state index contributed by atoms with van der Waals surface area (Å²) in [5, 5.41) is 3.49. The van der Waals surface area contributed by atoms with Gasteiger partial charge in [-0.05, 0) is 30.7 Å². The van der Waals surface area contributed by atoms with E-state index in [0.717, 1.165) is 58.0 Å². The third-order valence-electron chi connectivity index (χ3n) is 6.28. The monoisotopic (exact) mass is 321 g/mol. The van der Waals surface area contributed by atoms with E-state index in [2.05, 4.69) is 22.0 Å². The first-order chi connectivity index (χ1) is 11.1. The fraction of sp³-hybridized carbons (Fsp3) is 0.947. The predicted molar refractivity (Wildman–Crippen MR) is 94.4 cm³/mol. The van der Waals surface area contributed by atoms with Gasteiger partial charge in [-0.3, -0.25) is 9.69 Å². The Hall–Kier alpha value is -0.610. The zero-order chi connectivity index (χ0) is 16.1. The van der Waals surface area contributed by atoms with Crippen LogP contribution in [0.25, 0.3) is 0 Å². The summed E-state index contributed by atoms with van der Waals surface area (Å²) in [6.45, 7) is 9.89. The van der Waals surface area contributed by atoms with Crippen molar-refractivity contribution in [1.29, 1.82) is 0 Å². The normalized spacial score (nSPS) is 30.7. The van der Waals surface area contributed by atoms with Crippen molar-refractivity contribution in [2.45, 2.75) is 58.3 Å². The van der Waals surface area contributed by atoms with Crippen molar-refractivity contribution < 1.29 is 4.79 Å². The third kappa shape index (κ3) is 4.93. The van der Waals surface area contributed by atoms with Gasteiger partial charge >= 0.3 is 0 Å². The SMILES string of the molecule is CC1(CN2CCN(C(=O)CCC3CCCCC3)CC2)CCNC1. The van der Waals surface area contributed by atoms with Crippen LogP contribution in [-0.2, 0) is 4.79 Å². The van der Waals surface area contributed by atoms with Crippen molar-refractivity contribution in [3.63, 3.8) is 0 Å². The summed E-state index contributed by atoms with van der Waals surface area (Å²) in [6.07, 6.45) is 10.1. The Morgan fingerprint density at radius 3 is 2.52 bits per heavy atom. The smallest absolute Gasteiger partial charge is 0.222 e. The van der Waals surface area contributed by atoms with E-state index in [9.17, 15) is 4.79 Å². The highest BCUT2D eigenvalue weighted by atomic mass is 16.2. The molecule has 3 fully saturated rings. The summed E-state index contributed by atoms with van der Waals surface area (Å²) in [4.78, 5) is 17.1. The molecule has 2 saturated heterocycles. The summed E-state index contributed by atoms with van der Waals surface area (Å²) in [5.41, 5.74) is 0.438. The van der Waals surface area contributed by atoms with E-state index in [1.165, 1.54) is 45.1 Å². The summed E-state index contributed by atoms with van der Waals surface area (Å²) < 4.78 is 0. The second kappa shape index (κ2) is 7.98. The molecule has 0 bridgehead atoms. The van der Waals surface area contributed by atoms with Crippen LogP contribution in [0.15, 0.2) is 0 Å². The number of nitrogens with one attached hydrogen (secondary N) is 1. The fourth-order valence-corrected chi connectivity index (χ4v) is 4.66. The first-order valence-corrected chi connectivity index (χ1v) is 9.85. The van der Waals surface area contributed by atoms with Gasteiger partial charge in [0.15, 0.2) is 0 Å². The second-order valence-electron chi connectivity index (χ2n) is 8.44. The lowest BCUT2D eigenvalue weighted by Crippen LogP contribution is -2.51. The highest BCUT2D eigenvalue weighted by Gasteiger charge is 2.32. The molecule has 1 unspecified atom stereocenters. The van der Waals surface area contributed by atoms with E-state index in [1.54, 1.807) is 0 Å². The molecule has 3 aliphatic rings. The number of rotatable bonds is 5. The van der Waals surface area contributed by atoms with Gasteiger partial charge in [0.25, 0.3) is 0 Å². The van der Waals surface area contributed by atoms with E-state index in [1.807, 2.05) is 0 Å². The number of piperazine rings is 1. The number of nitrogens with zero attached hydrogens (tertiary/aromatic N) is 2. The largest absolute Gasteiger partial charge is 0.340 e. The minimum Gasteiger partial charge on any atom is -0.340 e. The summed E-state index contributed by atoms with van der Waals surface area (Å²) in [7, 11) is 0. The molecule has 1 saturated carbocycles. The van der Waals surface area contributed by atoms with Crippen molar-refractivity contribution in [3.05, 3.63) is 0 Å². The van der Waals surface area contributed by atoms with Gasteiger partial charge in [0.1, 0.15) is 0 Å². The molecule has 0 aromatic carbocycles. The van der Waals surface area contributed by atoms with Crippen molar-refractivity contribution >= 4 is 5.91 Å². The van der Waals surface area contributed by atoms with Crippen LogP contribution < -0.4 is 5.32 Å². The first-order valence-electron chi connectivity index (χ1n) is 9.85. The molecule has 0 aromatic heterocycles. The van der Waals surface area contributed by atoms with E-state index in [4.69, 9.17) is 0 Å². The van der Waals surface area contributed by atoms with Crippen LogP contribution in [0, 0.1) is 11.3 Å². The van der Waals surface area contributed by atoms with Crippen molar-refractivity contribution in [2.24, 2.45) is 11.3 Å². The number of carbonyl (C=O) groups excluding carboxylic acids is 1. The van der Waals surface area contributed by atoms with Crippen LogP contribution in [0.3, 0.4) is 0 Å². The van der Waals surface area contributed by atoms with Gasteiger partial charge in [-0.25, -0.2) is 0 Å². The zero-order valence-corrected chi connectivity index (χ0v) is 15.0. The zero-order valence-electron chi connectivity index (χ0n) is 15.0. The maximum absolute atomic E-state index is 12.5. The molecule has 2 aliphatic heterocycles. The van der Waals surface area contributed by atoms with E-state index >= 15 is 0 Å². The molecular formula is C19H35N3O. The molecule has 23 heavy (non-hydrogen) atoms. The van der Waals surface area contributed by atoms with E-state index in [0.29, 0.717) is 11.3 Å². The maximum atomic E-state index is 12.5. The summed E-state index contributed by atoms with van der Waals surface area (Å²) in [6, 6.07) is 0. The summed E-state index contributed by atoms with van der Waals surface area (Å²) >= 11 is 0. The molecule has 4 nitrogen and oxygen atoms in total. The second-order valence-corrected chi connectivity index (χ2v) is 8.44. The van der Waals surface area contributed by atoms with Gasteiger partial charge in [-0.2, -0.15) is 0 Å². The van der Waals surface area contributed by atoms with E-state index < -0.39 is 0 Å². The van der Waals surface area contributed by atoms with Crippen LogP contribution in [-0.4, -0.2) is 61.5 Å². The molecule has 0 aromatic rings. The highest BCUT2D eigenvalue weighted by molar-refractivity contribution is 5.76. The minimum absolute atomic E-state index is 0.406. The predicted octanol–water partition coefficient (Wildman–Crippen LogP) is 2.49. The molecule has 1 amide bonds. The standard InChI is InChI=1S/C19H35N3O/c1-19(9-10-20-15-19)16-21-11-13-22(14-12-21)18(23)8-7-17-5-3-2-4-6-17/h17,20H,2-16H2,1H3. The van der Waals surface area contributed by atoms with Gasteiger partial charge < -0.3 is 10.2 Å². The Labute approximate surface area is 142 Å². The van der Waals surface area contributed by atoms with Gasteiger partial charge in [-0.1, -0.05) is 39.0 Å². The molecule has 0 spiro atoms. The van der Waals surface area contributed by atoms with Gasteiger partial charge in [0.05, 0.1) is 0 Å². The van der Waals surface area contributed by atoms with Crippen LogP contribution in [0.1, 0.15) is 58.3 Å². The molecule has 132 valence electrons. The fourth-order valence-electron chi connectivity index (χ4n) is 4.66. The van der Waals surface area contributed by atoms with Gasteiger partial charge in [0, 0.05) is 45.7 Å². The lowest BCUT2D eigenvalue weighted by molar-refractivity contribution is -0.133. The number of amides is 1. The van der Waals surface area contributed by atoms with E-state index in [-0.39, 0.29) is 0 Å². The van der Waals surface area contributed by atoms with Gasteiger partial charge in [0.2, 0.25) is 5.91 Å². The molecule has 2 heterocycles. The third-order valence-corrected chi connectivity index (χ3v) is 6.28. The Kier molecular flexibility index (Phi) is 5.97. The number of hydrogen-bond acceptors (Lipinski definition) is 3. The average molecular weight is 322 g/mol. The molecule has 1 aliphatic carbocycles. The Bertz CT molecular complexity index is 378. The van der Waals surface area contributed by atoms with Crippen LogP contribution in [0.5, 0.6) is 0 Å². The van der Waals surface area contributed by atoms with Crippen LogP contribution in [0.2, 0.25) is 0 Å².